The van der Waals surface area contributed by atoms with E-state index >= 15 is 0 Å². The largest absolute Gasteiger partial charge is 0.457 e. The molecule has 1 unspecified atom stereocenters. The number of para-hydroxylation sites is 4. The van der Waals surface area contributed by atoms with E-state index in [1.807, 2.05) is 99.8 Å². The van der Waals surface area contributed by atoms with Gasteiger partial charge in [-0.2, -0.15) is 0 Å². The highest BCUT2D eigenvalue weighted by atomic mass is 28.3. The summed E-state index contributed by atoms with van der Waals surface area (Å²) in [6, 6.07) is 60.3. The van der Waals surface area contributed by atoms with Gasteiger partial charge in [0.15, 0.2) is 8.07 Å². The summed E-state index contributed by atoms with van der Waals surface area (Å²) in [5.74, 6) is 2.04. The van der Waals surface area contributed by atoms with Crippen LogP contribution in [-0.2, 0) is 10.8 Å². The normalized spacial score (nSPS) is 16.8. The molecule has 3 aliphatic heterocycles. The second kappa shape index (κ2) is 19.0. The van der Waals surface area contributed by atoms with E-state index in [-0.39, 0.29) is 47.4 Å². The molecule has 0 spiro atoms. The molecule has 11 aromatic rings. The maximum absolute atomic E-state index is 9.39. The lowest BCUT2D eigenvalue weighted by molar-refractivity contribution is 0.483. The minimum absolute atomic E-state index is 0.0152. The molecule has 0 saturated carbocycles. The van der Waals surface area contributed by atoms with Gasteiger partial charge in [-0.3, -0.25) is 4.90 Å². The van der Waals surface area contributed by atoms with E-state index in [0.29, 0.717) is 39.4 Å². The second-order valence-electron chi connectivity index (χ2n) is 22.9. The van der Waals surface area contributed by atoms with Crippen molar-refractivity contribution >= 4 is 68.8 Å². The summed E-state index contributed by atoms with van der Waals surface area (Å²) in [7, 11) is -2.96. The lowest BCUT2D eigenvalue weighted by atomic mass is 9.82. The Bertz CT molecular complexity index is 4760. The van der Waals surface area contributed by atoms with Gasteiger partial charge in [0, 0.05) is 40.8 Å². The van der Waals surface area contributed by atoms with Gasteiger partial charge >= 0.3 is 0 Å². The van der Waals surface area contributed by atoms with Crippen LogP contribution in [0.2, 0.25) is 0 Å². The molecule has 5 nitrogen and oxygen atoms in total. The Morgan fingerprint density at radius 2 is 1.06 bits per heavy atom. The van der Waals surface area contributed by atoms with Crippen LogP contribution in [0.5, 0.6) is 11.5 Å². The molecule has 14 rings (SSSR count). The fraction of sp³-hybridized carbons (Fsp3) is 0.122. The molecule has 0 aliphatic carbocycles. The number of ether oxygens (including phenoxy) is 1. The Morgan fingerprint density at radius 3 is 1.80 bits per heavy atom. The number of rotatable bonds is 9. The smallest absolute Gasteiger partial charge is 0.185 e. The minimum Gasteiger partial charge on any atom is -0.457 e. The maximum atomic E-state index is 9.39. The summed E-state index contributed by atoms with van der Waals surface area (Å²) in [4.78, 5) is 11.7. The number of hydrogen-bond acceptors (Lipinski definition) is 5. The molecule has 4 heterocycles. The van der Waals surface area contributed by atoms with Crippen molar-refractivity contribution in [2.75, 3.05) is 21.4 Å². The van der Waals surface area contributed by atoms with Crippen molar-refractivity contribution < 1.29 is 18.4 Å². The van der Waals surface area contributed by atoms with Crippen LogP contribution >= 0.6 is 0 Å². The van der Waals surface area contributed by atoms with Gasteiger partial charge in [0.25, 0.3) is 0 Å². The molecule has 0 amide bonds. The molecule has 0 fully saturated rings. The van der Waals surface area contributed by atoms with Crippen LogP contribution in [0.25, 0.3) is 44.5 Å². The number of aromatic nitrogens is 1. The standard InChI is InChI=1S/C74H62N4OSi/c1-73(2,3)54-40-41-75-70(45-54)78-66-37-19-21-39-69(66)80(59-30-14-9-15-31-59)68-38-20-16-32-62(68)63-47-58(48-67(78)72(63)80)79-57-29-22-28-56(46-57)76-49-77(65-36-18-17-35-64(65)76)71-60(51-26-12-8-13-27-51)33-23-34-61(71)53-42-52(50-24-10-7-11-25-50)43-55(44-53)74(4,5)6/h7-48H,49H2,1-6H3/i7D,8D,10D,11D,12D,13D,24D,25D,26D,27D. The zero-order chi connectivity index (χ0) is 63.0. The second-order valence-corrected chi connectivity index (χ2v) is 26.5. The molecule has 1 aromatic heterocycles. The number of benzene rings is 10. The Morgan fingerprint density at radius 1 is 0.450 bits per heavy atom. The van der Waals surface area contributed by atoms with Gasteiger partial charge in [-0.1, -0.05) is 223 Å². The number of hydrogen-bond donors (Lipinski definition) is 0. The molecule has 0 bridgehead atoms. The quantitative estimate of drug-likeness (QED) is 0.135. The molecule has 1 atom stereocenters. The predicted octanol–water partition coefficient (Wildman–Crippen LogP) is 16.9. The predicted molar refractivity (Wildman–Crippen MR) is 337 cm³/mol. The average Bonchev–Trinajstić information content (AvgIpc) is 1.46. The van der Waals surface area contributed by atoms with E-state index in [0.717, 1.165) is 50.9 Å². The van der Waals surface area contributed by atoms with Crippen molar-refractivity contribution in [2.45, 2.75) is 52.4 Å². The fourth-order valence-electron chi connectivity index (χ4n) is 12.3. The van der Waals surface area contributed by atoms with Crippen molar-refractivity contribution in [1.82, 2.24) is 4.98 Å². The lowest BCUT2D eigenvalue weighted by Gasteiger charge is -2.43. The van der Waals surface area contributed by atoms with Crippen molar-refractivity contribution in [3.05, 3.63) is 266 Å². The van der Waals surface area contributed by atoms with E-state index in [2.05, 4.69) is 139 Å². The first-order valence-corrected chi connectivity index (χ1v) is 29.1. The van der Waals surface area contributed by atoms with Crippen LogP contribution in [0.15, 0.2) is 255 Å². The maximum Gasteiger partial charge on any atom is 0.185 e. The van der Waals surface area contributed by atoms with Gasteiger partial charge in [0.05, 0.1) is 36.5 Å². The van der Waals surface area contributed by atoms with Crippen LogP contribution in [0.4, 0.5) is 39.9 Å². The molecule has 80 heavy (non-hydrogen) atoms. The topological polar surface area (TPSA) is 31.8 Å². The van der Waals surface area contributed by atoms with Gasteiger partial charge in [-0.05, 0) is 131 Å². The third-order valence-corrected chi connectivity index (χ3v) is 21.0. The molecule has 10 aromatic carbocycles. The van der Waals surface area contributed by atoms with Crippen LogP contribution in [-0.4, -0.2) is 19.7 Å². The first-order valence-electron chi connectivity index (χ1n) is 32.1. The number of pyridine rings is 1. The fourth-order valence-corrected chi connectivity index (χ4v) is 17.8. The number of nitrogens with zero attached hydrogens (tertiary/aromatic N) is 4. The minimum atomic E-state index is -2.96. The summed E-state index contributed by atoms with van der Waals surface area (Å²) in [6.07, 6.45) is 1.91. The van der Waals surface area contributed by atoms with Crippen molar-refractivity contribution in [3.63, 3.8) is 0 Å². The van der Waals surface area contributed by atoms with Crippen LogP contribution in [0, 0.1) is 0 Å². The zero-order valence-corrected chi connectivity index (χ0v) is 46.4. The highest BCUT2D eigenvalue weighted by Crippen LogP contribution is 2.52. The van der Waals surface area contributed by atoms with Crippen LogP contribution < -0.4 is 40.2 Å². The molecule has 388 valence electrons. The van der Waals surface area contributed by atoms with Crippen molar-refractivity contribution in [1.29, 1.82) is 0 Å². The van der Waals surface area contributed by atoms with Crippen molar-refractivity contribution in [2.24, 2.45) is 0 Å². The van der Waals surface area contributed by atoms with Crippen LogP contribution in [0.1, 0.15) is 66.4 Å². The monoisotopic (exact) mass is 1060 g/mol. The van der Waals surface area contributed by atoms with Gasteiger partial charge in [0.2, 0.25) is 0 Å². The summed E-state index contributed by atoms with van der Waals surface area (Å²) >= 11 is 0. The van der Waals surface area contributed by atoms with E-state index < -0.39 is 49.7 Å². The summed E-state index contributed by atoms with van der Waals surface area (Å²) in [5.41, 5.74) is 10.7. The van der Waals surface area contributed by atoms with Crippen LogP contribution in [0.3, 0.4) is 0 Å². The SMILES string of the molecule is [2H]c1c([2H])c([2H])c(-c2cc(-c3cccc(-c4c([2H])c([2H])c([2H])c([2H])c4[2H])c3N3CN(c4cccc(Oc5cc6c7c(c5)N(c5cc(C(C)(C)C)ccn5)c5ccccc5[Si]7(c5ccccc5)c5ccccc5-6)c4)c4ccccc43)cc(C(C)(C)C)c2)c([2H])c1[2H]. The molecule has 0 N–H and O–H groups in total. The third kappa shape index (κ3) is 8.07. The summed E-state index contributed by atoms with van der Waals surface area (Å²) in [5, 5.41) is 5.19. The van der Waals surface area contributed by atoms with Gasteiger partial charge in [0.1, 0.15) is 24.0 Å². The Hall–Kier alpha value is -9.23. The number of anilines is 7. The molecular weight excluding hydrogens is 989 g/mol. The first-order chi connectivity index (χ1) is 43.1. The average molecular weight is 1060 g/mol. The highest BCUT2D eigenvalue weighted by Gasteiger charge is 2.55. The van der Waals surface area contributed by atoms with Gasteiger partial charge in [-0.15, -0.1) is 0 Å². The molecule has 6 heteroatoms. The van der Waals surface area contributed by atoms with Crippen molar-refractivity contribution in [3.8, 4) is 56.0 Å². The first kappa shape index (κ1) is 39.2. The molecule has 0 radical (unpaired) electrons. The highest BCUT2D eigenvalue weighted by molar-refractivity contribution is 7.23. The van der Waals surface area contributed by atoms with E-state index in [1.165, 1.54) is 26.3 Å². The Balaban J connectivity index is 0.931. The van der Waals surface area contributed by atoms with Gasteiger partial charge < -0.3 is 14.5 Å². The van der Waals surface area contributed by atoms with E-state index in [4.69, 9.17) is 20.7 Å². The lowest BCUT2D eigenvalue weighted by Crippen LogP contribution is -2.75. The molecule has 3 aliphatic rings. The summed E-state index contributed by atoms with van der Waals surface area (Å²) in [6.45, 7) is 13.0. The molecular formula is C74H62N4OSi. The Labute approximate surface area is 485 Å². The van der Waals surface area contributed by atoms with E-state index in [9.17, 15) is 2.74 Å². The van der Waals surface area contributed by atoms with E-state index in [1.54, 1.807) is 12.1 Å². The molecule has 0 saturated heterocycles. The number of fused-ring (bicyclic) bond motifs is 6. The zero-order valence-electron chi connectivity index (χ0n) is 55.4. The Kier molecular flexibility index (Phi) is 9.31. The van der Waals surface area contributed by atoms with Gasteiger partial charge in [-0.25, -0.2) is 4.98 Å². The summed E-state index contributed by atoms with van der Waals surface area (Å²) < 4.78 is 96.2. The third-order valence-electron chi connectivity index (χ3n) is 16.0.